The lowest BCUT2D eigenvalue weighted by Gasteiger charge is -2.29. The van der Waals surface area contributed by atoms with Crippen LogP contribution in [0.2, 0.25) is 0 Å². The van der Waals surface area contributed by atoms with Gasteiger partial charge in [-0.3, -0.25) is 0 Å². The molecule has 0 aliphatic rings. The second-order valence-electron chi connectivity index (χ2n) is 4.84. The molecule has 0 radical (unpaired) electrons. The molecule has 0 amide bonds. The summed E-state index contributed by atoms with van der Waals surface area (Å²) < 4.78 is 18.6. The van der Waals surface area contributed by atoms with Crippen LogP contribution in [0.25, 0.3) is 0 Å². The van der Waals surface area contributed by atoms with Crippen molar-refractivity contribution in [1.82, 2.24) is 0 Å². The van der Waals surface area contributed by atoms with Crippen molar-refractivity contribution in [1.29, 1.82) is 0 Å². The zero-order chi connectivity index (χ0) is 15.2. The van der Waals surface area contributed by atoms with Crippen molar-refractivity contribution < 1.29 is 9.13 Å². The van der Waals surface area contributed by atoms with Crippen LogP contribution in [-0.2, 0) is 0 Å². The Hall–Kier alpha value is -2.07. The van der Waals surface area contributed by atoms with E-state index in [0.29, 0.717) is 13.2 Å². The smallest absolute Gasteiger partial charge is 0.123 e. The van der Waals surface area contributed by atoms with Crippen LogP contribution in [-0.4, -0.2) is 20.2 Å². The highest BCUT2D eigenvalue weighted by atomic mass is 19.1. The van der Waals surface area contributed by atoms with Crippen molar-refractivity contribution in [2.45, 2.75) is 13.0 Å². The van der Waals surface area contributed by atoms with Gasteiger partial charge in [0, 0.05) is 19.3 Å². The van der Waals surface area contributed by atoms with Crippen molar-refractivity contribution in [2.75, 3.05) is 25.1 Å². The Labute approximate surface area is 125 Å². The van der Waals surface area contributed by atoms with Gasteiger partial charge in [0.1, 0.15) is 11.6 Å². The van der Waals surface area contributed by atoms with Gasteiger partial charge >= 0.3 is 0 Å². The summed E-state index contributed by atoms with van der Waals surface area (Å²) in [6, 6.07) is 14.3. The van der Waals surface area contributed by atoms with E-state index in [9.17, 15) is 4.39 Å². The zero-order valence-corrected chi connectivity index (χ0v) is 12.4. The standard InChI is InChI=1S/C17H21FN2O/c1-3-21-16-6-4-5-13(11-16)17(12-19)20(2)15-9-7-14(18)8-10-15/h4-11,17H,3,12,19H2,1-2H3. The van der Waals surface area contributed by atoms with Crippen LogP contribution >= 0.6 is 0 Å². The summed E-state index contributed by atoms with van der Waals surface area (Å²) in [6.45, 7) is 3.05. The SMILES string of the molecule is CCOc1cccc(C(CN)N(C)c2ccc(F)cc2)c1. The summed E-state index contributed by atoms with van der Waals surface area (Å²) in [5.74, 6) is 0.593. The molecule has 4 heteroatoms. The number of likely N-dealkylation sites (N-methyl/N-ethyl adjacent to an activating group) is 1. The van der Waals surface area contributed by atoms with E-state index in [2.05, 4.69) is 0 Å². The van der Waals surface area contributed by atoms with Gasteiger partial charge in [0.25, 0.3) is 0 Å². The first-order valence-electron chi connectivity index (χ1n) is 7.07. The lowest BCUT2D eigenvalue weighted by molar-refractivity contribution is 0.339. The average Bonchev–Trinajstić information content (AvgIpc) is 2.49. The minimum absolute atomic E-state index is 0.0101. The molecule has 21 heavy (non-hydrogen) atoms. The molecule has 0 aromatic heterocycles. The van der Waals surface area contributed by atoms with Crippen LogP contribution in [0.1, 0.15) is 18.5 Å². The number of halogens is 1. The third-order valence-electron chi connectivity index (χ3n) is 3.48. The molecule has 0 saturated heterocycles. The maximum absolute atomic E-state index is 13.0. The summed E-state index contributed by atoms with van der Waals surface area (Å²) in [4.78, 5) is 2.05. The molecule has 0 bridgehead atoms. The van der Waals surface area contributed by atoms with Crippen LogP contribution in [0, 0.1) is 5.82 Å². The monoisotopic (exact) mass is 288 g/mol. The Bertz CT molecular complexity index is 571. The molecule has 0 aliphatic heterocycles. The molecule has 2 N–H and O–H groups in total. The van der Waals surface area contributed by atoms with E-state index in [1.165, 1.54) is 12.1 Å². The number of nitrogens with two attached hydrogens (primary N) is 1. The molecule has 0 aliphatic carbocycles. The number of benzene rings is 2. The summed E-state index contributed by atoms with van der Waals surface area (Å²) in [7, 11) is 1.96. The topological polar surface area (TPSA) is 38.5 Å². The third kappa shape index (κ3) is 3.73. The van der Waals surface area contributed by atoms with Crippen LogP contribution in [0.3, 0.4) is 0 Å². The molecule has 0 fully saturated rings. The molecule has 2 aromatic rings. The van der Waals surface area contributed by atoms with E-state index in [4.69, 9.17) is 10.5 Å². The maximum atomic E-state index is 13.0. The molecule has 0 saturated carbocycles. The van der Waals surface area contributed by atoms with E-state index in [0.717, 1.165) is 17.0 Å². The van der Waals surface area contributed by atoms with Gasteiger partial charge in [0.2, 0.25) is 0 Å². The maximum Gasteiger partial charge on any atom is 0.123 e. The Morgan fingerprint density at radius 2 is 1.90 bits per heavy atom. The highest BCUT2D eigenvalue weighted by Gasteiger charge is 2.16. The second kappa shape index (κ2) is 7.09. The first-order valence-corrected chi connectivity index (χ1v) is 7.07. The minimum atomic E-state index is -0.241. The van der Waals surface area contributed by atoms with E-state index >= 15 is 0 Å². The molecule has 2 rings (SSSR count). The predicted octanol–water partition coefficient (Wildman–Crippen LogP) is 3.36. The highest BCUT2D eigenvalue weighted by Crippen LogP contribution is 2.27. The normalized spacial score (nSPS) is 12.0. The molecule has 3 nitrogen and oxygen atoms in total. The van der Waals surface area contributed by atoms with Gasteiger partial charge < -0.3 is 15.4 Å². The molecule has 2 aromatic carbocycles. The van der Waals surface area contributed by atoms with Crippen molar-refractivity contribution in [3.8, 4) is 5.75 Å². The average molecular weight is 288 g/mol. The molecule has 112 valence electrons. The van der Waals surface area contributed by atoms with E-state index in [1.54, 1.807) is 12.1 Å². The molecule has 0 spiro atoms. The number of ether oxygens (including phenoxy) is 1. The van der Waals surface area contributed by atoms with Crippen LogP contribution in [0.15, 0.2) is 48.5 Å². The van der Waals surface area contributed by atoms with Crippen molar-refractivity contribution in [3.05, 3.63) is 59.9 Å². The van der Waals surface area contributed by atoms with Gasteiger partial charge in [-0.15, -0.1) is 0 Å². The molecular weight excluding hydrogens is 267 g/mol. The fraction of sp³-hybridized carbons (Fsp3) is 0.294. The first-order chi connectivity index (χ1) is 10.2. The molecule has 1 atom stereocenters. The first kappa shape index (κ1) is 15.3. The Morgan fingerprint density at radius 3 is 2.52 bits per heavy atom. The van der Waals surface area contributed by atoms with Crippen molar-refractivity contribution in [2.24, 2.45) is 5.73 Å². The van der Waals surface area contributed by atoms with Gasteiger partial charge in [0.05, 0.1) is 12.6 Å². The third-order valence-corrected chi connectivity index (χ3v) is 3.48. The van der Waals surface area contributed by atoms with Gasteiger partial charge in [-0.2, -0.15) is 0 Å². The largest absolute Gasteiger partial charge is 0.494 e. The summed E-state index contributed by atoms with van der Waals surface area (Å²) in [5, 5.41) is 0. The number of hydrogen-bond acceptors (Lipinski definition) is 3. The zero-order valence-electron chi connectivity index (χ0n) is 12.4. The summed E-state index contributed by atoms with van der Waals surface area (Å²) in [6.07, 6.45) is 0. The quantitative estimate of drug-likeness (QED) is 0.886. The number of nitrogens with zero attached hydrogens (tertiary/aromatic N) is 1. The number of anilines is 1. The Morgan fingerprint density at radius 1 is 1.19 bits per heavy atom. The van der Waals surface area contributed by atoms with Crippen molar-refractivity contribution >= 4 is 5.69 Å². The van der Waals surface area contributed by atoms with Gasteiger partial charge in [-0.1, -0.05) is 12.1 Å². The molecule has 0 heterocycles. The van der Waals surface area contributed by atoms with Gasteiger partial charge in [-0.25, -0.2) is 4.39 Å². The minimum Gasteiger partial charge on any atom is -0.494 e. The Balaban J connectivity index is 2.25. The van der Waals surface area contributed by atoms with Gasteiger partial charge in [0.15, 0.2) is 0 Å². The fourth-order valence-corrected chi connectivity index (χ4v) is 2.35. The fourth-order valence-electron chi connectivity index (χ4n) is 2.35. The van der Waals surface area contributed by atoms with Crippen LogP contribution in [0.4, 0.5) is 10.1 Å². The van der Waals surface area contributed by atoms with E-state index < -0.39 is 0 Å². The lowest BCUT2D eigenvalue weighted by Crippen LogP contribution is -2.30. The van der Waals surface area contributed by atoms with E-state index in [1.807, 2.05) is 43.1 Å². The summed E-state index contributed by atoms with van der Waals surface area (Å²) >= 11 is 0. The van der Waals surface area contributed by atoms with Crippen molar-refractivity contribution in [3.63, 3.8) is 0 Å². The predicted molar refractivity (Wildman–Crippen MR) is 84.2 cm³/mol. The second-order valence-corrected chi connectivity index (χ2v) is 4.84. The number of rotatable bonds is 6. The number of hydrogen-bond donors (Lipinski definition) is 1. The lowest BCUT2D eigenvalue weighted by atomic mass is 10.0. The van der Waals surface area contributed by atoms with E-state index in [-0.39, 0.29) is 11.9 Å². The highest BCUT2D eigenvalue weighted by molar-refractivity contribution is 5.49. The Kier molecular flexibility index (Phi) is 5.17. The molecular formula is C17H21FN2O. The van der Waals surface area contributed by atoms with Crippen LogP contribution < -0.4 is 15.4 Å². The summed E-state index contributed by atoms with van der Waals surface area (Å²) in [5.41, 5.74) is 7.94. The molecule has 1 unspecified atom stereocenters. The van der Waals surface area contributed by atoms with Crippen LogP contribution in [0.5, 0.6) is 5.75 Å². The van der Waals surface area contributed by atoms with Gasteiger partial charge in [-0.05, 0) is 48.9 Å².